The molecule has 0 saturated heterocycles. The number of anilines is 1. The number of sulfonamides is 1. The Bertz CT molecular complexity index is 1040. The third-order valence-electron chi connectivity index (χ3n) is 3.98. The number of carbonyl (C=O) groups is 2. The number of rotatable bonds is 5. The molecule has 0 unspecified atom stereocenters. The molecule has 1 aliphatic rings. The molecule has 0 fully saturated rings. The summed E-state index contributed by atoms with van der Waals surface area (Å²) < 4.78 is 23.4. The predicted octanol–water partition coefficient (Wildman–Crippen LogP) is 1.21. The van der Waals surface area contributed by atoms with Crippen LogP contribution in [0.1, 0.15) is 26.3 Å². The van der Waals surface area contributed by atoms with Crippen molar-refractivity contribution in [1.29, 1.82) is 0 Å². The van der Waals surface area contributed by atoms with E-state index < -0.39 is 21.6 Å². The SMILES string of the molecule is NCCc1cccc(NC2=CC(=O)c3c(cccc3S(N)(=O)=O)C2=O)c1. The molecule has 0 bridgehead atoms. The number of nitrogens with two attached hydrogens (primary N) is 2. The molecule has 0 atom stereocenters. The summed E-state index contributed by atoms with van der Waals surface area (Å²) in [6.45, 7) is 0.493. The van der Waals surface area contributed by atoms with Crippen LogP contribution in [0.2, 0.25) is 0 Å². The van der Waals surface area contributed by atoms with Crippen molar-refractivity contribution in [2.24, 2.45) is 10.9 Å². The van der Waals surface area contributed by atoms with Crippen LogP contribution in [-0.2, 0) is 16.4 Å². The molecule has 0 heterocycles. The van der Waals surface area contributed by atoms with Gasteiger partial charge in [-0.15, -0.1) is 0 Å². The molecule has 0 aromatic heterocycles. The number of primary sulfonamides is 1. The quantitative estimate of drug-likeness (QED) is 0.724. The van der Waals surface area contributed by atoms with Crippen LogP contribution in [0.3, 0.4) is 0 Å². The highest BCUT2D eigenvalue weighted by Gasteiger charge is 2.30. The Balaban J connectivity index is 1.99. The van der Waals surface area contributed by atoms with Crippen molar-refractivity contribution >= 4 is 27.3 Å². The van der Waals surface area contributed by atoms with Gasteiger partial charge in [-0.05, 0) is 36.7 Å². The zero-order chi connectivity index (χ0) is 18.9. The van der Waals surface area contributed by atoms with E-state index in [-0.39, 0.29) is 21.7 Å². The van der Waals surface area contributed by atoms with E-state index >= 15 is 0 Å². The molecule has 0 aliphatic heterocycles. The summed E-state index contributed by atoms with van der Waals surface area (Å²) in [6, 6.07) is 11.3. The van der Waals surface area contributed by atoms with Gasteiger partial charge in [-0.1, -0.05) is 24.3 Å². The number of hydrogen-bond donors (Lipinski definition) is 3. The minimum absolute atomic E-state index is 0.00429. The fraction of sp³-hybridized carbons (Fsp3) is 0.111. The summed E-state index contributed by atoms with van der Waals surface area (Å²) in [4.78, 5) is 24.8. The zero-order valence-electron chi connectivity index (χ0n) is 13.7. The van der Waals surface area contributed by atoms with Gasteiger partial charge in [0.1, 0.15) is 0 Å². The van der Waals surface area contributed by atoms with Crippen LogP contribution in [-0.4, -0.2) is 26.5 Å². The van der Waals surface area contributed by atoms with E-state index in [2.05, 4.69) is 5.32 Å². The lowest BCUT2D eigenvalue weighted by Crippen LogP contribution is -2.25. The molecule has 5 N–H and O–H groups in total. The van der Waals surface area contributed by atoms with E-state index in [1.165, 1.54) is 18.2 Å². The van der Waals surface area contributed by atoms with Crippen molar-refractivity contribution in [3.8, 4) is 0 Å². The number of allylic oxidation sites excluding steroid dienone is 2. The van der Waals surface area contributed by atoms with E-state index in [0.717, 1.165) is 11.6 Å². The van der Waals surface area contributed by atoms with Crippen molar-refractivity contribution in [1.82, 2.24) is 0 Å². The maximum atomic E-state index is 12.7. The molecule has 26 heavy (non-hydrogen) atoms. The van der Waals surface area contributed by atoms with Gasteiger partial charge in [0.2, 0.25) is 15.8 Å². The standard InChI is InChI=1S/C18H17N3O4S/c19-8-7-11-3-1-4-12(9-11)21-14-10-15(22)17-13(18(14)23)5-2-6-16(17)26(20,24)25/h1-6,9-10,21H,7-8,19H2,(H2,20,24,25). The first kappa shape index (κ1) is 18.0. The average Bonchev–Trinajstić information content (AvgIpc) is 2.59. The van der Waals surface area contributed by atoms with E-state index in [1.807, 2.05) is 18.2 Å². The highest BCUT2D eigenvalue weighted by molar-refractivity contribution is 7.89. The van der Waals surface area contributed by atoms with E-state index in [0.29, 0.717) is 18.7 Å². The van der Waals surface area contributed by atoms with Crippen LogP contribution in [0.5, 0.6) is 0 Å². The highest BCUT2D eigenvalue weighted by Crippen LogP contribution is 2.27. The number of nitrogens with one attached hydrogen (secondary N) is 1. The van der Waals surface area contributed by atoms with Gasteiger partial charge in [-0.3, -0.25) is 9.59 Å². The molecule has 0 amide bonds. The summed E-state index contributed by atoms with van der Waals surface area (Å²) in [5.41, 5.74) is 7.05. The molecular formula is C18H17N3O4S. The number of benzene rings is 2. The van der Waals surface area contributed by atoms with Crippen molar-refractivity contribution in [2.75, 3.05) is 11.9 Å². The van der Waals surface area contributed by atoms with Crippen molar-refractivity contribution in [2.45, 2.75) is 11.3 Å². The van der Waals surface area contributed by atoms with E-state index in [1.54, 1.807) is 6.07 Å². The van der Waals surface area contributed by atoms with Gasteiger partial charge in [-0.25, -0.2) is 13.6 Å². The first-order valence-corrected chi connectivity index (χ1v) is 9.38. The number of Topliss-reactive ketones (excluding diaryl/α,β-unsaturated/α-hetero) is 1. The topological polar surface area (TPSA) is 132 Å². The second-order valence-corrected chi connectivity index (χ2v) is 7.37. The lowest BCUT2D eigenvalue weighted by atomic mass is 9.92. The Kier molecular flexibility index (Phi) is 4.73. The minimum atomic E-state index is -4.12. The van der Waals surface area contributed by atoms with Gasteiger partial charge in [0.25, 0.3) is 0 Å². The maximum Gasteiger partial charge on any atom is 0.238 e. The van der Waals surface area contributed by atoms with Crippen LogP contribution >= 0.6 is 0 Å². The Morgan fingerprint density at radius 1 is 1.04 bits per heavy atom. The Labute approximate surface area is 150 Å². The molecule has 0 spiro atoms. The second-order valence-electron chi connectivity index (χ2n) is 5.84. The van der Waals surface area contributed by atoms with E-state index in [4.69, 9.17) is 10.9 Å². The summed E-state index contributed by atoms with van der Waals surface area (Å²) in [7, 11) is -4.12. The largest absolute Gasteiger partial charge is 0.352 e. The van der Waals surface area contributed by atoms with Crippen LogP contribution < -0.4 is 16.2 Å². The maximum absolute atomic E-state index is 12.7. The predicted molar refractivity (Wildman–Crippen MR) is 97.4 cm³/mol. The molecular weight excluding hydrogens is 354 g/mol. The van der Waals surface area contributed by atoms with Crippen LogP contribution in [0.4, 0.5) is 5.69 Å². The molecule has 8 heteroatoms. The number of ketones is 2. The fourth-order valence-electron chi connectivity index (χ4n) is 2.85. The lowest BCUT2D eigenvalue weighted by molar-refractivity contribution is 0.0983. The Hall–Kier alpha value is -2.81. The summed E-state index contributed by atoms with van der Waals surface area (Å²) in [6.07, 6.45) is 1.77. The lowest BCUT2D eigenvalue weighted by Gasteiger charge is -2.18. The molecule has 0 radical (unpaired) electrons. The minimum Gasteiger partial charge on any atom is -0.352 e. The Morgan fingerprint density at radius 2 is 1.77 bits per heavy atom. The molecule has 2 aromatic carbocycles. The molecule has 1 aliphatic carbocycles. The van der Waals surface area contributed by atoms with E-state index in [9.17, 15) is 18.0 Å². The van der Waals surface area contributed by atoms with Gasteiger partial charge >= 0.3 is 0 Å². The summed E-state index contributed by atoms with van der Waals surface area (Å²) >= 11 is 0. The summed E-state index contributed by atoms with van der Waals surface area (Å²) in [5, 5.41) is 8.08. The number of fused-ring (bicyclic) bond motifs is 1. The number of hydrogen-bond acceptors (Lipinski definition) is 6. The smallest absolute Gasteiger partial charge is 0.238 e. The van der Waals surface area contributed by atoms with Gasteiger partial charge in [0.15, 0.2) is 5.78 Å². The molecule has 134 valence electrons. The van der Waals surface area contributed by atoms with Gasteiger partial charge in [0.05, 0.1) is 16.2 Å². The molecule has 2 aromatic rings. The Morgan fingerprint density at radius 3 is 2.46 bits per heavy atom. The zero-order valence-corrected chi connectivity index (χ0v) is 14.5. The average molecular weight is 371 g/mol. The summed E-state index contributed by atoms with van der Waals surface area (Å²) in [5.74, 6) is -1.07. The first-order valence-electron chi connectivity index (χ1n) is 7.84. The van der Waals surface area contributed by atoms with Crippen molar-refractivity contribution in [3.63, 3.8) is 0 Å². The van der Waals surface area contributed by atoms with Gasteiger partial charge in [0, 0.05) is 17.3 Å². The van der Waals surface area contributed by atoms with Crippen LogP contribution in [0.15, 0.2) is 59.1 Å². The second kappa shape index (κ2) is 6.83. The first-order chi connectivity index (χ1) is 12.3. The monoisotopic (exact) mass is 371 g/mol. The fourth-order valence-corrected chi connectivity index (χ4v) is 3.61. The third-order valence-corrected chi connectivity index (χ3v) is 4.94. The van der Waals surface area contributed by atoms with Crippen molar-refractivity contribution < 1.29 is 18.0 Å². The number of carbonyl (C=O) groups excluding carboxylic acids is 2. The third kappa shape index (κ3) is 3.43. The molecule has 0 saturated carbocycles. The van der Waals surface area contributed by atoms with Gasteiger partial charge < -0.3 is 11.1 Å². The van der Waals surface area contributed by atoms with Crippen LogP contribution in [0, 0.1) is 0 Å². The van der Waals surface area contributed by atoms with Crippen LogP contribution in [0.25, 0.3) is 0 Å². The van der Waals surface area contributed by atoms with Crippen molar-refractivity contribution in [3.05, 3.63) is 70.9 Å². The van der Waals surface area contributed by atoms with Gasteiger partial charge in [-0.2, -0.15) is 0 Å². The molecule has 3 rings (SSSR count). The molecule has 7 nitrogen and oxygen atoms in total. The normalized spacial score (nSPS) is 14.0. The highest BCUT2D eigenvalue weighted by atomic mass is 32.2.